The second kappa shape index (κ2) is 4.48. The van der Waals surface area contributed by atoms with Crippen molar-refractivity contribution in [3.05, 3.63) is 29.6 Å². The molecule has 0 aliphatic carbocycles. The third-order valence-electron chi connectivity index (χ3n) is 1.48. The lowest BCUT2D eigenvalue weighted by atomic mass is 10.2. The number of nitrogens with two attached hydrogens (primary N) is 2. The van der Waals surface area contributed by atoms with Gasteiger partial charge in [0.05, 0.1) is 5.56 Å². The predicted molar refractivity (Wildman–Crippen MR) is 51.4 cm³/mol. The highest BCUT2D eigenvalue weighted by Gasteiger charge is 1.97. The van der Waals surface area contributed by atoms with Crippen LogP contribution in [0.5, 0.6) is 0 Å². The molecule has 1 aromatic carbocycles. The number of hydrogen-bond acceptors (Lipinski definition) is 2. The molecule has 0 saturated carbocycles. The van der Waals surface area contributed by atoms with Crippen molar-refractivity contribution in [3.8, 4) is 11.8 Å². The van der Waals surface area contributed by atoms with Gasteiger partial charge in [0.2, 0.25) is 0 Å². The van der Waals surface area contributed by atoms with Gasteiger partial charge in [0.25, 0.3) is 0 Å². The molecule has 0 aromatic heterocycles. The maximum Gasteiger partial charge on any atom is 0.138 e. The Balaban J connectivity index is 2.89. The second-order valence-corrected chi connectivity index (χ2v) is 2.58. The maximum atomic E-state index is 13.0. The fourth-order valence-electron chi connectivity index (χ4n) is 0.869. The Labute approximate surface area is 76.7 Å². The Hall–Kier alpha value is -1.53. The molecule has 13 heavy (non-hydrogen) atoms. The van der Waals surface area contributed by atoms with Crippen molar-refractivity contribution in [1.82, 2.24) is 0 Å². The Morgan fingerprint density at radius 1 is 1.38 bits per heavy atom. The summed E-state index contributed by atoms with van der Waals surface area (Å²) in [5.74, 6) is 5.07. The van der Waals surface area contributed by atoms with Crippen LogP contribution in [0.15, 0.2) is 18.2 Å². The van der Waals surface area contributed by atoms with E-state index in [4.69, 9.17) is 11.5 Å². The number of rotatable bonds is 1. The van der Waals surface area contributed by atoms with E-state index in [1.54, 1.807) is 0 Å². The monoisotopic (exact) mass is 178 g/mol. The maximum absolute atomic E-state index is 13.0. The van der Waals surface area contributed by atoms with Gasteiger partial charge in [-0.25, -0.2) is 4.39 Å². The summed E-state index contributed by atoms with van der Waals surface area (Å²) in [6.07, 6.45) is 0.564. The standard InChI is InChI=1S/C10H11FN2/c11-10-5-4-9(13)7-8(10)3-1-2-6-12/h4-5,7H,2,6,12-13H2. The molecule has 4 N–H and O–H groups in total. The average molecular weight is 178 g/mol. The summed E-state index contributed by atoms with van der Waals surface area (Å²) < 4.78 is 13.0. The van der Waals surface area contributed by atoms with E-state index in [1.165, 1.54) is 18.2 Å². The zero-order valence-corrected chi connectivity index (χ0v) is 7.18. The molecule has 0 unspecified atom stereocenters. The Morgan fingerprint density at radius 3 is 2.85 bits per heavy atom. The van der Waals surface area contributed by atoms with Crippen molar-refractivity contribution in [2.24, 2.45) is 5.73 Å². The van der Waals surface area contributed by atoms with Crippen LogP contribution < -0.4 is 11.5 Å². The summed E-state index contributed by atoms with van der Waals surface area (Å²) in [4.78, 5) is 0. The molecule has 0 atom stereocenters. The average Bonchev–Trinajstić information content (AvgIpc) is 2.11. The van der Waals surface area contributed by atoms with Crippen LogP contribution in [0.2, 0.25) is 0 Å². The third kappa shape index (κ3) is 2.77. The molecule has 1 aromatic rings. The van der Waals surface area contributed by atoms with Crippen LogP contribution in [0.1, 0.15) is 12.0 Å². The Morgan fingerprint density at radius 2 is 2.15 bits per heavy atom. The number of halogens is 1. The van der Waals surface area contributed by atoms with Crippen LogP contribution in [0.4, 0.5) is 10.1 Å². The molecule has 0 aliphatic rings. The zero-order valence-electron chi connectivity index (χ0n) is 7.18. The minimum Gasteiger partial charge on any atom is -0.399 e. The van der Waals surface area contributed by atoms with Crippen LogP contribution in [0.3, 0.4) is 0 Å². The summed E-state index contributed by atoms with van der Waals surface area (Å²) >= 11 is 0. The van der Waals surface area contributed by atoms with E-state index in [1.807, 2.05) is 0 Å². The largest absolute Gasteiger partial charge is 0.399 e. The van der Waals surface area contributed by atoms with E-state index in [0.29, 0.717) is 24.2 Å². The van der Waals surface area contributed by atoms with Crippen LogP contribution >= 0.6 is 0 Å². The van der Waals surface area contributed by atoms with Gasteiger partial charge in [-0.1, -0.05) is 11.8 Å². The van der Waals surface area contributed by atoms with Crippen LogP contribution in [-0.2, 0) is 0 Å². The molecule has 3 heteroatoms. The van der Waals surface area contributed by atoms with Crippen molar-refractivity contribution in [1.29, 1.82) is 0 Å². The van der Waals surface area contributed by atoms with Crippen molar-refractivity contribution >= 4 is 5.69 Å². The van der Waals surface area contributed by atoms with E-state index >= 15 is 0 Å². The van der Waals surface area contributed by atoms with E-state index < -0.39 is 0 Å². The Kier molecular flexibility index (Phi) is 3.30. The smallest absolute Gasteiger partial charge is 0.138 e. The lowest BCUT2D eigenvalue weighted by molar-refractivity contribution is 0.624. The van der Waals surface area contributed by atoms with Crippen molar-refractivity contribution in [2.75, 3.05) is 12.3 Å². The minimum absolute atomic E-state index is 0.327. The van der Waals surface area contributed by atoms with Gasteiger partial charge < -0.3 is 11.5 Å². The molecule has 2 nitrogen and oxygen atoms in total. The van der Waals surface area contributed by atoms with Gasteiger partial charge in [-0.15, -0.1) is 0 Å². The van der Waals surface area contributed by atoms with Gasteiger partial charge in [-0.2, -0.15) is 0 Å². The highest BCUT2D eigenvalue weighted by atomic mass is 19.1. The molecule has 0 saturated heterocycles. The fourth-order valence-corrected chi connectivity index (χ4v) is 0.869. The molecule has 1 rings (SSSR count). The first kappa shape index (κ1) is 9.56. The Bertz CT molecular complexity index is 350. The highest BCUT2D eigenvalue weighted by molar-refractivity contribution is 5.47. The first-order chi connectivity index (χ1) is 6.24. The molecule has 0 fully saturated rings. The van der Waals surface area contributed by atoms with E-state index in [0.717, 1.165) is 0 Å². The lowest BCUT2D eigenvalue weighted by Crippen LogP contribution is -1.95. The molecule has 0 spiro atoms. The summed E-state index contributed by atoms with van der Waals surface area (Å²) in [5.41, 5.74) is 11.6. The quantitative estimate of drug-likeness (QED) is 0.500. The van der Waals surface area contributed by atoms with Gasteiger partial charge in [-0.3, -0.25) is 0 Å². The molecule has 0 aliphatic heterocycles. The first-order valence-corrected chi connectivity index (χ1v) is 3.98. The van der Waals surface area contributed by atoms with Gasteiger partial charge in [0, 0.05) is 18.7 Å². The number of benzene rings is 1. The van der Waals surface area contributed by atoms with Gasteiger partial charge in [-0.05, 0) is 18.2 Å². The van der Waals surface area contributed by atoms with E-state index in [9.17, 15) is 4.39 Å². The van der Waals surface area contributed by atoms with Crippen LogP contribution in [0, 0.1) is 17.7 Å². The topological polar surface area (TPSA) is 52.0 Å². The van der Waals surface area contributed by atoms with Gasteiger partial charge >= 0.3 is 0 Å². The normalized spacial score (nSPS) is 9.08. The zero-order chi connectivity index (χ0) is 9.68. The van der Waals surface area contributed by atoms with Gasteiger partial charge in [0.15, 0.2) is 0 Å². The number of hydrogen-bond donors (Lipinski definition) is 2. The summed E-state index contributed by atoms with van der Waals surface area (Å²) in [6.45, 7) is 0.483. The molecular formula is C10H11FN2. The van der Waals surface area contributed by atoms with Crippen molar-refractivity contribution < 1.29 is 4.39 Å². The summed E-state index contributed by atoms with van der Waals surface area (Å²) in [5, 5.41) is 0. The highest BCUT2D eigenvalue weighted by Crippen LogP contribution is 2.10. The van der Waals surface area contributed by atoms with E-state index in [2.05, 4.69) is 11.8 Å². The van der Waals surface area contributed by atoms with Crippen LogP contribution in [0.25, 0.3) is 0 Å². The second-order valence-electron chi connectivity index (χ2n) is 2.58. The molecule has 0 amide bonds. The van der Waals surface area contributed by atoms with E-state index in [-0.39, 0.29) is 5.82 Å². The van der Waals surface area contributed by atoms with Crippen molar-refractivity contribution in [3.63, 3.8) is 0 Å². The van der Waals surface area contributed by atoms with Crippen molar-refractivity contribution in [2.45, 2.75) is 6.42 Å². The first-order valence-electron chi connectivity index (χ1n) is 3.98. The number of nitrogen functional groups attached to an aromatic ring is 1. The SMILES string of the molecule is NCCC#Cc1cc(N)ccc1F. The number of anilines is 1. The predicted octanol–water partition coefficient (Wildman–Crippen LogP) is 1.11. The van der Waals surface area contributed by atoms with Gasteiger partial charge in [0.1, 0.15) is 5.82 Å². The molecular weight excluding hydrogens is 167 g/mol. The fraction of sp³-hybridized carbons (Fsp3) is 0.200. The molecule has 0 radical (unpaired) electrons. The third-order valence-corrected chi connectivity index (χ3v) is 1.48. The molecule has 0 bridgehead atoms. The molecule has 68 valence electrons. The molecule has 0 heterocycles. The summed E-state index contributed by atoms with van der Waals surface area (Å²) in [6, 6.07) is 4.32. The summed E-state index contributed by atoms with van der Waals surface area (Å²) in [7, 11) is 0. The minimum atomic E-state index is -0.348. The van der Waals surface area contributed by atoms with Crippen LogP contribution in [-0.4, -0.2) is 6.54 Å². The lowest BCUT2D eigenvalue weighted by Gasteiger charge is -1.95.